The zero-order valence-corrected chi connectivity index (χ0v) is 13.2. The summed E-state index contributed by atoms with van der Waals surface area (Å²) in [6.07, 6.45) is 5.85. The molecule has 0 spiro atoms. The van der Waals surface area contributed by atoms with Crippen molar-refractivity contribution < 1.29 is 14.7 Å². The third-order valence-corrected chi connectivity index (χ3v) is 3.48. The Kier molecular flexibility index (Phi) is 6.92. The number of benzene rings is 1. The number of hydrogen-bond acceptors (Lipinski definition) is 2. The van der Waals surface area contributed by atoms with Gasteiger partial charge in [0, 0.05) is 6.42 Å². The van der Waals surface area contributed by atoms with Crippen LogP contribution in [0.2, 0.25) is 0 Å². The van der Waals surface area contributed by atoms with Crippen LogP contribution in [0, 0.1) is 13.8 Å². The highest BCUT2D eigenvalue weighted by Crippen LogP contribution is 2.23. The normalized spacial score (nSPS) is 10.4. The molecular formula is C17H25NO3. The fourth-order valence-electron chi connectivity index (χ4n) is 2.39. The van der Waals surface area contributed by atoms with Gasteiger partial charge in [0.25, 0.3) is 0 Å². The van der Waals surface area contributed by atoms with Crippen molar-refractivity contribution in [2.45, 2.75) is 59.3 Å². The molecule has 0 fully saturated rings. The second-order valence-electron chi connectivity index (χ2n) is 5.52. The fourth-order valence-corrected chi connectivity index (χ4v) is 2.39. The third kappa shape index (κ3) is 5.58. The van der Waals surface area contributed by atoms with E-state index in [9.17, 15) is 14.7 Å². The average Bonchev–Trinajstić information content (AvgIpc) is 2.41. The predicted molar refractivity (Wildman–Crippen MR) is 84.9 cm³/mol. The van der Waals surface area contributed by atoms with Crippen LogP contribution in [0.25, 0.3) is 0 Å². The van der Waals surface area contributed by atoms with Crippen molar-refractivity contribution in [1.82, 2.24) is 0 Å². The van der Waals surface area contributed by atoms with E-state index in [1.807, 2.05) is 19.9 Å². The summed E-state index contributed by atoms with van der Waals surface area (Å²) >= 11 is 0. The average molecular weight is 291 g/mol. The SMILES string of the molecule is CCCCCCCC(=O)Nc1c(C)cc(C)cc1C(=O)O. The van der Waals surface area contributed by atoms with Crippen molar-refractivity contribution in [3.63, 3.8) is 0 Å². The minimum Gasteiger partial charge on any atom is -0.478 e. The van der Waals surface area contributed by atoms with Crippen LogP contribution >= 0.6 is 0 Å². The van der Waals surface area contributed by atoms with Crippen molar-refractivity contribution in [2.75, 3.05) is 5.32 Å². The van der Waals surface area contributed by atoms with Crippen molar-refractivity contribution in [1.29, 1.82) is 0 Å². The van der Waals surface area contributed by atoms with Gasteiger partial charge in [0.15, 0.2) is 0 Å². The molecule has 4 nitrogen and oxygen atoms in total. The summed E-state index contributed by atoms with van der Waals surface area (Å²) in [5, 5.41) is 12.0. The number of anilines is 1. The smallest absolute Gasteiger partial charge is 0.337 e. The van der Waals surface area contributed by atoms with Gasteiger partial charge in [0.1, 0.15) is 0 Å². The molecule has 21 heavy (non-hydrogen) atoms. The molecule has 0 radical (unpaired) electrons. The lowest BCUT2D eigenvalue weighted by Gasteiger charge is -2.13. The number of unbranched alkanes of at least 4 members (excludes halogenated alkanes) is 4. The number of carbonyl (C=O) groups excluding carboxylic acids is 1. The first-order chi connectivity index (χ1) is 9.95. The van der Waals surface area contributed by atoms with Crippen molar-refractivity contribution >= 4 is 17.6 Å². The molecule has 0 atom stereocenters. The lowest BCUT2D eigenvalue weighted by Crippen LogP contribution is -2.15. The molecule has 0 saturated heterocycles. The van der Waals surface area contributed by atoms with Crippen molar-refractivity contribution in [2.24, 2.45) is 0 Å². The molecule has 0 unspecified atom stereocenters. The van der Waals surface area contributed by atoms with E-state index >= 15 is 0 Å². The molecule has 0 aliphatic heterocycles. The van der Waals surface area contributed by atoms with E-state index in [4.69, 9.17) is 0 Å². The molecule has 0 aromatic heterocycles. The minimum absolute atomic E-state index is 0.110. The summed E-state index contributed by atoms with van der Waals surface area (Å²) in [7, 11) is 0. The number of carboxylic acid groups (broad SMARTS) is 1. The Morgan fingerprint density at radius 2 is 1.76 bits per heavy atom. The molecule has 1 aromatic carbocycles. The molecule has 0 aliphatic rings. The van der Waals surface area contributed by atoms with Gasteiger partial charge < -0.3 is 10.4 Å². The predicted octanol–water partition coefficient (Wildman–Crippen LogP) is 4.30. The van der Waals surface area contributed by atoms with Gasteiger partial charge in [-0.3, -0.25) is 4.79 Å². The van der Waals surface area contributed by atoms with Gasteiger partial charge in [-0.25, -0.2) is 4.79 Å². The maximum Gasteiger partial charge on any atom is 0.337 e. The van der Waals surface area contributed by atoms with Gasteiger partial charge in [-0.2, -0.15) is 0 Å². The summed E-state index contributed by atoms with van der Waals surface area (Å²) < 4.78 is 0. The minimum atomic E-state index is -1.01. The largest absolute Gasteiger partial charge is 0.478 e. The van der Waals surface area contributed by atoms with Crippen LogP contribution in [0.15, 0.2) is 12.1 Å². The molecule has 0 aliphatic carbocycles. The summed E-state index contributed by atoms with van der Waals surface area (Å²) in [4.78, 5) is 23.2. The highest BCUT2D eigenvalue weighted by atomic mass is 16.4. The van der Waals surface area contributed by atoms with Crippen LogP contribution in [0.3, 0.4) is 0 Å². The van der Waals surface area contributed by atoms with Crippen molar-refractivity contribution in [3.05, 3.63) is 28.8 Å². The second-order valence-corrected chi connectivity index (χ2v) is 5.52. The number of nitrogens with one attached hydrogen (secondary N) is 1. The van der Waals surface area contributed by atoms with E-state index in [0.29, 0.717) is 12.1 Å². The molecule has 0 heterocycles. The van der Waals surface area contributed by atoms with Crippen LogP contribution in [-0.4, -0.2) is 17.0 Å². The molecule has 1 amide bonds. The second kappa shape index (κ2) is 8.45. The van der Waals surface area contributed by atoms with Gasteiger partial charge in [0.2, 0.25) is 5.91 Å². The Hall–Kier alpha value is -1.84. The van der Waals surface area contributed by atoms with E-state index in [-0.39, 0.29) is 11.5 Å². The lowest BCUT2D eigenvalue weighted by atomic mass is 10.0. The zero-order valence-electron chi connectivity index (χ0n) is 13.2. The number of aryl methyl sites for hydroxylation is 2. The first kappa shape index (κ1) is 17.2. The number of aromatic carboxylic acids is 1. The van der Waals surface area contributed by atoms with E-state index in [1.54, 1.807) is 6.07 Å². The molecule has 2 N–H and O–H groups in total. The topological polar surface area (TPSA) is 66.4 Å². The quantitative estimate of drug-likeness (QED) is 0.702. The fraction of sp³-hybridized carbons (Fsp3) is 0.529. The van der Waals surface area contributed by atoms with Crippen LogP contribution in [0.4, 0.5) is 5.69 Å². The first-order valence-electron chi connectivity index (χ1n) is 7.60. The van der Waals surface area contributed by atoms with Gasteiger partial charge in [-0.05, 0) is 37.5 Å². The van der Waals surface area contributed by atoms with Crippen LogP contribution in [-0.2, 0) is 4.79 Å². The molecule has 1 aromatic rings. The lowest BCUT2D eigenvalue weighted by molar-refractivity contribution is -0.116. The summed E-state index contributed by atoms with van der Waals surface area (Å²) in [6, 6.07) is 3.47. The maximum absolute atomic E-state index is 12.0. The Balaban J connectivity index is 2.65. The Morgan fingerprint density at radius 1 is 1.10 bits per heavy atom. The number of carbonyl (C=O) groups is 2. The number of rotatable bonds is 8. The summed E-state index contributed by atoms with van der Waals surface area (Å²) in [6.45, 7) is 5.81. The van der Waals surface area contributed by atoms with Crippen LogP contribution < -0.4 is 5.32 Å². The standard InChI is InChI=1S/C17H25NO3/c1-4-5-6-7-8-9-15(19)18-16-13(3)10-12(2)11-14(16)17(20)21/h10-11H,4-9H2,1-3H3,(H,18,19)(H,20,21). The molecule has 4 heteroatoms. The molecule has 116 valence electrons. The molecule has 0 bridgehead atoms. The van der Waals surface area contributed by atoms with E-state index in [2.05, 4.69) is 12.2 Å². The molecular weight excluding hydrogens is 266 g/mol. The van der Waals surface area contributed by atoms with Gasteiger partial charge in [-0.1, -0.05) is 38.7 Å². The highest BCUT2D eigenvalue weighted by molar-refractivity contribution is 6.01. The maximum atomic E-state index is 12.0. The van der Waals surface area contributed by atoms with E-state index < -0.39 is 5.97 Å². The molecule has 0 saturated carbocycles. The Bertz CT molecular complexity index is 509. The summed E-state index contributed by atoms with van der Waals surface area (Å²) in [5.74, 6) is -1.12. The van der Waals surface area contributed by atoms with E-state index in [1.165, 1.54) is 12.8 Å². The summed E-state index contributed by atoms with van der Waals surface area (Å²) in [5.41, 5.74) is 2.24. The van der Waals surface area contributed by atoms with Gasteiger partial charge in [-0.15, -0.1) is 0 Å². The highest BCUT2D eigenvalue weighted by Gasteiger charge is 2.15. The monoisotopic (exact) mass is 291 g/mol. The van der Waals surface area contributed by atoms with Gasteiger partial charge in [0.05, 0.1) is 11.3 Å². The zero-order chi connectivity index (χ0) is 15.8. The Labute approximate surface area is 126 Å². The van der Waals surface area contributed by atoms with E-state index in [0.717, 1.165) is 30.4 Å². The number of carboxylic acids is 1. The van der Waals surface area contributed by atoms with Crippen LogP contribution in [0.1, 0.15) is 66.9 Å². The van der Waals surface area contributed by atoms with Crippen molar-refractivity contribution in [3.8, 4) is 0 Å². The number of amides is 1. The third-order valence-electron chi connectivity index (χ3n) is 3.48. The van der Waals surface area contributed by atoms with Gasteiger partial charge >= 0.3 is 5.97 Å². The number of hydrogen-bond donors (Lipinski definition) is 2. The first-order valence-corrected chi connectivity index (χ1v) is 7.60. The molecule has 1 rings (SSSR count). The van der Waals surface area contributed by atoms with Crippen LogP contribution in [0.5, 0.6) is 0 Å². The Morgan fingerprint density at radius 3 is 2.38 bits per heavy atom.